The lowest BCUT2D eigenvalue weighted by molar-refractivity contribution is 0.0695. The number of carboxylic acid groups (broad SMARTS) is 1. The Labute approximate surface area is 174 Å². The molecular weight excluding hydrogens is 358 g/mol. The molecule has 0 amide bonds. The highest BCUT2D eigenvalue weighted by Gasteiger charge is 2.48. The zero-order valence-electron chi connectivity index (χ0n) is 17.8. The lowest BCUT2D eigenvalue weighted by Crippen LogP contribution is -2.36. The average Bonchev–Trinajstić information content (AvgIpc) is 3.54. The third-order valence-corrected chi connectivity index (χ3v) is 5.81. The van der Waals surface area contributed by atoms with E-state index >= 15 is 0 Å². The van der Waals surface area contributed by atoms with Crippen molar-refractivity contribution < 1.29 is 9.90 Å². The molecule has 3 rings (SSSR count). The normalized spacial score (nSPS) is 14.3. The van der Waals surface area contributed by atoms with E-state index in [0.29, 0.717) is 12.0 Å². The van der Waals surface area contributed by atoms with Gasteiger partial charge in [0.2, 0.25) is 0 Å². The number of nitrogens with zero attached hydrogens (tertiary/aromatic N) is 1. The lowest BCUT2D eigenvalue weighted by Gasteiger charge is -2.32. The van der Waals surface area contributed by atoms with E-state index in [9.17, 15) is 9.90 Å². The predicted molar refractivity (Wildman–Crippen MR) is 118 cm³/mol. The van der Waals surface area contributed by atoms with Crippen LogP contribution >= 0.6 is 0 Å². The SMILES string of the molecule is CCCN(CCC)C1(c2ccc(C#Cc3ccc(C(=O)O)c(CC)c3)cc2)CC1. The van der Waals surface area contributed by atoms with E-state index in [0.717, 1.165) is 29.8 Å². The Morgan fingerprint density at radius 1 is 0.966 bits per heavy atom. The summed E-state index contributed by atoms with van der Waals surface area (Å²) in [6, 6.07) is 14.0. The molecule has 1 aliphatic rings. The molecule has 29 heavy (non-hydrogen) atoms. The molecule has 3 heteroatoms. The van der Waals surface area contributed by atoms with Crippen molar-refractivity contribution in [3.63, 3.8) is 0 Å². The van der Waals surface area contributed by atoms with Crippen molar-refractivity contribution in [3.8, 4) is 11.8 Å². The van der Waals surface area contributed by atoms with E-state index in [-0.39, 0.29) is 5.54 Å². The first kappa shape index (κ1) is 21.1. The monoisotopic (exact) mass is 389 g/mol. The Morgan fingerprint density at radius 2 is 1.55 bits per heavy atom. The summed E-state index contributed by atoms with van der Waals surface area (Å²) in [6.45, 7) is 8.78. The molecule has 0 spiro atoms. The molecule has 1 aliphatic carbocycles. The summed E-state index contributed by atoms with van der Waals surface area (Å²) >= 11 is 0. The maximum atomic E-state index is 11.3. The van der Waals surface area contributed by atoms with E-state index in [1.165, 1.54) is 31.2 Å². The number of hydrogen-bond donors (Lipinski definition) is 1. The van der Waals surface area contributed by atoms with Crippen LogP contribution in [0.15, 0.2) is 42.5 Å². The molecule has 0 aliphatic heterocycles. The van der Waals surface area contributed by atoms with Crippen LogP contribution < -0.4 is 0 Å². The highest BCUT2D eigenvalue weighted by atomic mass is 16.4. The van der Waals surface area contributed by atoms with Gasteiger partial charge in [0.25, 0.3) is 0 Å². The third-order valence-electron chi connectivity index (χ3n) is 5.81. The molecule has 0 atom stereocenters. The van der Waals surface area contributed by atoms with Gasteiger partial charge in [0.15, 0.2) is 0 Å². The molecule has 1 fully saturated rings. The van der Waals surface area contributed by atoms with Crippen LogP contribution in [0.25, 0.3) is 0 Å². The standard InChI is InChI=1S/C26H31NO2/c1-4-17-27(18-5-2)26(15-16-26)23-12-9-20(10-13-23)7-8-21-11-14-24(25(28)29)22(6-3)19-21/h9-14,19H,4-6,15-18H2,1-3H3,(H,28,29). The number of rotatable bonds is 8. The fraction of sp³-hybridized carbons (Fsp3) is 0.423. The van der Waals surface area contributed by atoms with Crippen molar-refractivity contribution in [2.75, 3.05) is 13.1 Å². The Kier molecular flexibility index (Phi) is 6.77. The van der Waals surface area contributed by atoms with Crippen LogP contribution in [0.3, 0.4) is 0 Å². The van der Waals surface area contributed by atoms with Crippen molar-refractivity contribution in [3.05, 3.63) is 70.3 Å². The second kappa shape index (κ2) is 9.29. The molecule has 3 nitrogen and oxygen atoms in total. The summed E-state index contributed by atoms with van der Waals surface area (Å²) in [6.07, 6.45) is 5.54. The van der Waals surface area contributed by atoms with Gasteiger partial charge in [-0.25, -0.2) is 4.79 Å². The minimum atomic E-state index is -0.883. The highest BCUT2D eigenvalue weighted by molar-refractivity contribution is 5.89. The van der Waals surface area contributed by atoms with Crippen molar-refractivity contribution in [2.45, 2.75) is 58.4 Å². The van der Waals surface area contributed by atoms with Gasteiger partial charge in [-0.1, -0.05) is 44.7 Å². The van der Waals surface area contributed by atoms with Gasteiger partial charge in [0.05, 0.1) is 5.56 Å². The third kappa shape index (κ3) is 4.71. The molecular formula is C26H31NO2. The highest BCUT2D eigenvalue weighted by Crippen LogP contribution is 2.51. The summed E-state index contributed by atoms with van der Waals surface area (Å²) in [4.78, 5) is 13.9. The zero-order valence-corrected chi connectivity index (χ0v) is 17.8. The van der Waals surface area contributed by atoms with E-state index in [2.05, 4.69) is 54.9 Å². The molecule has 0 aromatic heterocycles. The van der Waals surface area contributed by atoms with Crippen LogP contribution in [-0.4, -0.2) is 29.1 Å². The van der Waals surface area contributed by atoms with Crippen LogP contribution in [0.2, 0.25) is 0 Å². The van der Waals surface area contributed by atoms with Crippen molar-refractivity contribution in [1.29, 1.82) is 0 Å². The quantitative estimate of drug-likeness (QED) is 0.610. The minimum absolute atomic E-state index is 0.237. The molecule has 2 aromatic carbocycles. The van der Waals surface area contributed by atoms with Crippen molar-refractivity contribution in [2.24, 2.45) is 0 Å². The summed E-state index contributed by atoms with van der Waals surface area (Å²) in [5, 5.41) is 9.26. The second-order valence-corrected chi connectivity index (χ2v) is 7.88. The first-order valence-corrected chi connectivity index (χ1v) is 10.8. The Hall–Kier alpha value is -2.57. The molecule has 1 saturated carbocycles. The van der Waals surface area contributed by atoms with Gasteiger partial charge in [0, 0.05) is 16.7 Å². The van der Waals surface area contributed by atoms with E-state index in [1.807, 2.05) is 13.0 Å². The Morgan fingerprint density at radius 3 is 2.07 bits per heavy atom. The molecule has 152 valence electrons. The summed E-state index contributed by atoms with van der Waals surface area (Å²) in [7, 11) is 0. The van der Waals surface area contributed by atoms with Crippen LogP contribution in [0.4, 0.5) is 0 Å². The van der Waals surface area contributed by atoms with Gasteiger partial charge in [-0.3, -0.25) is 4.90 Å². The van der Waals surface area contributed by atoms with E-state index in [4.69, 9.17) is 0 Å². The van der Waals surface area contributed by atoms with Crippen molar-refractivity contribution >= 4 is 5.97 Å². The summed E-state index contributed by atoms with van der Waals surface area (Å²) < 4.78 is 0. The molecule has 0 bridgehead atoms. The van der Waals surface area contributed by atoms with Gasteiger partial charge >= 0.3 is 5.97 Å². The Bertz CT molecular complexity index is 908. The second-order valence-electron chi connectivity index (χ2n) is 7.88. The van der Waals surface area contributed by atoms with Gasteiger partial charge in [0.1, 0.15) is 0 Å². The van der Waals surface area contributed by atoms with E-state index < -0.39 is 5.97 Å². The van der Waals surface area contributed by atoms with Crippen LogP contribution in [0.5, 0.6) is 0 Å². The number of aryl methyl sites for hydroxylation is 1. The number of benzene rings is 2. The fourth-order valence-corrected chi connectivity index (χ4v) is 4.17. The molecule has 0 radical (unpaired) electrons. The van der Waals surface area contributed by atoms with Crippen LogP contribution in [0.1, 0.15) is 79.1 Å². The molecule has 2 aromatic rings. The van der Waals surface area contributed by atoms with Gasteiger partial charge in [-0.05, 0) is 86.7 Å². The number of carboxylic acids is 1. The minimum Gasteiger partial charge on any atom is -0.478 e. The number of hydrogen-bond acceptors (Lipinski definition) is 2. The largest absolute Gasteiger partial charge is 0.478 e. The maximum absolute atomic E-state index is 11.3. The maximum Gasteiger partial charge on any atom is 0.335 e. The van der Waals surface area contributed by atoms with Crippen LogP contribution in [-0.2, 0) is 12.0 Å². The predicted octanol–water partition coefficient (Wildman–Crippen LogP) is 5.46. The molecule has 1 N–H and O–H groups in total. The van der Waals surface area contributed by atoms with Gasteiger partial charge < -0.3 is 5.11 Å². The van der Waals surface area contributed by atoms with Crippen LogP contribution in [0, 0.1) is 11.8 Å². The van der Waals surface area contributed by atoms with E-state index in [1.54, 1.807) is 12.1 Å². The van der Waals surface area contributed by atoms with Crippen molar-refractivity contribution in [1.82, 2.24) is 4.90 Å². The first-order chi connectivity index (χ1) is 14.0. The van der Waals surface area contributed by atoms with Gasteiger partial charge in [-0.15, -0.1) is 0 Å². The molecule has 0 unspecified atom stereocenters. The first-order valence-electron chi connectivity index (χ1n) is 10.8. The average molecular weight is 390 g/mol. The van der Waals surface area contributed by atoms with Gasteiger partial charge in [-0.2, -0.15) is 0 Å². The number of aromatic carboxylic acids is 1. The molecule has 0 heterocycles. The zero-order chi connectivity index (χ0) is 20.9. The summed E-state index contributed by atoms with van der Waals surface area (Å²) in [5.41, 5.74) is 4.67. The lowest BCUT2D eigenvalue weighted by atomic mass is 10.00. The smallest absolute Gasteiger partial charge is 0.335 e. The summed E-state index contributed by atoms with van der Waals surface area (Å²) in [5.74, 6) is 5.53. The topological polar surface area (TPSA) is 40.5 Å². The number of carbonyl (C=O) groups is 1. The Balaban J connectivity index is 1.78. The molecule has 0 saturated heterocycles. The fourth-order valence-electron chi connectivity index (χ4n) is 4.17.